The Morgan fingerprint density at radius 1 is 1.19 bits per heavy atom. The summed E-state index contributed by atoms with van der Waals surface area (Å²) in [6, 6.07) is 12.0. The van der Waals surface area contributed by atoms with Crippen molar-refractivity contribution in [3.63, 3.8) is 0 Å². The molecule has 4 heteroatoms. The van der Waals surface area contributed by atoms with Crippen LogP contribution in [0.4, 0.5) is 11.5 Å². The van der Waals surface area contributed by atoms with Crippen LogP contribution >= 0.6 is 0 Å². The Kier molecular flexibility index (Phi) is 3.60. The zero-order chi connectivity index (χ0) is 14.8. The maximum Gasteiger partial charge on any atom is 0.274 e. The highest BCUT2D eigenvalue weighted by molar-refractivity contribution is 6.03. The Morgan fingerprint density at radius 3 is 2.71 bits per heavy atom. The average molecular weight is 281 g/mol. The standard InChI is InChI=1S/C17H19N3O/c1-11-6-9-14(12(2)10-11)20-17(21)15-4-3-5-16(19-15)18-13-7-8-13/h3-6,9-10,13H,7-8H2,1-2H3,(H,18,19)(H,20,21). The first-order valence-corrected chi connectivity index (χ1v) is 7.24. The van der Waals surface area contributed by atoms with Crippen LogP contribution < -0.4 is 10.6 Å². The summed E-state index contributed by atoms with van der Waals surface area (Å²) in [6.45, 7) is 4.02. The molecule has 1 aliphatic rings. The van der Waals surface area contributed by atoms with E-state index in [0.29, 0.717) is 11.7 Å². The van der Waals surface area contributed by atoms with Gasteiger partial charge in [0.2, 0.25) is 0 Å². The lowest BCUT2D eigenvalue weighted by atomic mass is 10.1. The number of anilines is 2. The molecule has 1 heterocycles. The molecule has 1 aliphatic carbocycles. The van der Waals surface area contributed by atoms with Crippen molar-refractivity contribution in [3.8, 4) is 0 Å². The van der Waals surface area contributed by atoms with Crippen molar-refractivity contribution in [2.24, 2.45) is 0 Å². The van der Waals surface area contributed by atoms with Crippen molar-refractivity contribution < 1.29 is 4.79 Å². The fourth-order valence-corrected chi connectivity index (χ4v) is 2.22. The number of carbonyl (C=O) groups is 1. The summed E-state index contributed by atoms with van der Waals surface area (Å²) < 4.78 is 0. The molecule has 1 amide bonds. The van der Waals surface area contributed by atoms with Gasteiger partial charge >= 0.3 is 0 Å². The summed E-state index contributed by atoms with van der Waals surface area (Å²) >= 11 is 0. The van der Waals surface area contributed by atoms with Crippen molar-refractivity contribution in [2.45, 2.75) is 32.7 Å². The molecule has 0 atom stereocenters. The Morgan fingerprint density at radius 2 is 2.00 bits per heavy atom. The van der Waals surface area contributed by atoms with E-state index < -0.39 is 0 Å². The maximum atomic E-state index is 12.3. The van der Waals surface area contributed by atoms with Gasteiger partial charge < -0.3 is 10.6 Å². The fourth-order valence-electron chi connectivity index (χ4n) is 2.22. The molecule has 0 saturated heterocycles. The highest BCUT2D eigenvalue weighted by atomic mass is 16.1. The lowest BCUT2D eigenvalue weighted by Gasteiger charge is -2.10. The molecule has 2 aromatic rings. The fraction of sp³-hybridized carbons (Fsp3) is 0.294. The van der Waals surface area contributed by atoms with Gasteiger partial charge in [0.1, 0.15) is 11.5 Å². The Bertz CT molecular complexity index is 677. The number of rotatable bonds is 4. The number of benzene rings is 1. The van der Waals surface area contributed by atoms with Crippen LogP contribution in [-0.2, 0) is 0 Å². The third kappa shape index (κ3) is 3.40. The molecule has 0 unspecified atom stereocenters. The van der Waals surface area contributed by atoms with Gasteiger partial charge in [0.25, 0.3) is 5.91 Å². The van der Waals surface area contributed by atoms with Crippen LogP contribution in [-0.4, -0.2) is 16.9 Å². The second kappa shape index (κ2) is 5.56. The van der Waals surface area contributed by atoms with Crippen molar-refractivity contribution >= 4 is 17.4 Å². The lowest BCUT2D eigenvalue weighted by Crippen LogP contribution is -2.15. The molecule has 0 spiro atoms. The number of amides is 1. The predicted molar refractivity (Wildman–Crippen MR) is 84.8 cm³/mol. The van der Waals surface area contributed by atoms with Crippen molar-refractivity contribution in [2.75, 3.05) is 10.6 Å². The van der Waals surface area contributed by atoms with Crippen molar-refractivity contribution in [1.29, 1.82) is 0 Å². The van der Waals surface area contributed by atoms with Gasteiger partial charge in [0, 0.05) is 11.7 Å². The number of aromatic nitrogens is 1. The van der Waals surface area contributed by atoms with E-state index in [1.54, 1.807) is 6.07 Å². The van der Waals surface area contributed by atoms with E-state index in [0.717, 1.165) is 17.1 Å². The molecule has 0 bridgehead atoms. The van der Waals surface area contributed by atoms with Gasteiger partial charge in [0.05, 0.1) is 0 Å². The van der Waals surface area contributed by atoms with E-state index in [9.17, 15) is 4.79 Å². The van der Waals surface area contributed by atoms with Crippen LogP contribution in [0.25, 0.3) is 0 Å². The number of hydrogen-bond donors (Lipinski definition) is 2. The van der Waals surface area contributed by atoms with Crippen molar-refractivity contribution in [3.05, 3.63) is 53.2 Å². The van der Waals surface area contributed by atoms with Gasteiger partial charge in [-0.2, -0.15) is 0 Å². The summed E-state index contributed by atoms with van der Waals surface area (Å²) in [5.41, 5.74) is 3.49. The molecule has 3 rings (SSSR count). The van der Waals surface area contributed by atoms with Gasteiger partial charge in [0.15, 0.2) is 0 Å². The molecule has 1 aromatic heterocycles. The number of aryl methyl sites for hydroxylation is 2. The topological polar surface area (TPSA) is 54.0 Å². The molecule has 0 aliphatic heterocycles. The smallest absolute Gasteiger partial charge is 0.274 e. The number of carbonyl (C=O) groups excluding carboxylic acids is 1. The van der Waals surface area contributed by atoms with Gasteiger partial charge in [-0.3, -0.25) is 4.79 Å². The normalized spacial score (nSPS) is 13.8. The first-order valence-electron chi connectivity index (χ1n) is 7.24. The van der Waals surface area contributed by atoms with E-state index in [1.165, 1.54) is 18.4 Å². The third-order valence-electron chi connectivity index (χ3n) is 3.54. The van der Waals surface area contributed by atoms with Crippen LogP contribution in [0.5, 0.6) is 0 Å². The van der Waals surface area contributed by atoms with Crippen LogP contribution in [0, 0.1) is 13.8 Å². The van der Waals surface area contributed by atoms with Gasteiger partial charge in [-0.05, 0) is 50.5 Å². The van der Waals surface area contributed by atoms with E-state index in [1.807, 2.05) is 44.2 Å². The molecule has 0 radical (unpaired) electrons. The number of nitrogens with one attached hydrogen (secondary N) is 2. The summed E-state index contributed by atoms with van der Waals surface area (Å²) in [6.07, 6.45) is 2.36. The van der Waals surface area contributed by atoms with E-state index >= 15 is 0 Å². The maximum absolute atomic E-state index is 12.3. The largest absolute Gasteiger partial charge is 0.367 e. The minimum absolute atomic E-state index is 0.179. The van der Waals surface area contributed by atoms with Gasteiger partial charge in [-0.25, -0.2) is 4.98 Å². The number of pyridine rings is 1. The summed E-state index contributed by atoms with van der Waals surface area (Å²) in [5.74, 6) is 0.590. The molecular weight excluding hydrogens is 262 g/mol. The first-order chi connectivity index (χ1) is 10.1. The second-order valence-electron chi connectivity index (χ2n) is 5.60. The quantitative estimate of drug-likeness (QED) is 0.901. The molecule has 4 nitrogen and oxygen atoms in total. The van der Waals surface area contributed by atoms with Crippen LogP contribution in [0.1, 0.15) is 34.5 Å². The Balaban J connectivity index is 1.75. The molecule has 108 valence electrons. The minimum atomic E-state index is -0.179. The van der Waals surface area contributed by atoms with Crippen LogP contribution in [0.3, 0.4) is 0 Å². The number of nitrogens with zero attached hydrogens (tertiary/aromatic N) is 1. The molecule has 1 saturated carbocycles. The first kappa shape index (κ1) is 13.6. The van der Waals surface area contributed by atoms with Crippen LogP contribution in [0.2, 0.25) is 0 Å². The van der Waals surface area contributed by atoms with Crippen LogP contribution in [0.15, 0.2) is 36.4 Å². The minimum Gasteiger partial charge on any atom is -0.367 e. The van der Waals surface area contributed by atoms with E-state index in [4.69, 9.17) is 0 Å². The Labute approximate surface area is 124 Å². The Hall–Kier alpha value is -2.36. The number of hydrogen-bond acceptors (Lipinski definition) is 3. The summed E-state index contributed by atoms with van der Waals surface area (Å²) in [5, 5.41) is 6.22. The molecule has 21 heavy (non-hydrogen) atoms. The molecule has 1 fully saturated rings. The predicted octanol–water partition coefficient (Wildman–Crippen LogP) is 3.53. The molecule has 2 N–H and O–H groups in total. The average Bonchev–Trinajstić information content (AvgIpc) is 3.26. The summed E-state index contributed by atoms with van der Waals surface area (Å²) in [7, 11) is 0. The summed E-state index contributed by atoms with van der Waals surface area (Å²) in [4.78, 5) is 16.7. The lowest BCUT2D eigenvalue weighted by molar-refractivity contribution is 0.102. The van der Waals surface area contributed by atoms with E-state index in [-0.39, 0.29) is 5.91 Å². The van der Waals surface area contributed by atoms with Crippen molar-refractivity contribution in [1.82, 2.24) is 4.98 Å². The van der Waals surface area contributed by atoms with Gasteiger partial charge in [-0.1, -0.05) is 23.8 Å². The second-order valence-corrected chi connectivity index (χ2v) is 5.60. The SMILES string of the molecule is Cc1ccc(NC(=O)c2cccc(NC3CC3)n2)c(C)c1. The molecule has 1 aromatic carbocycles. The van der Waals surface area contributed by atoms with E-state index in [2.05, 4.69) is 15.6 Å². The third-order valence-corrected chi connectivity index (χ3v) is 3.54. The van der Waals surface area contributed by atoms with Gasteiger partial charge in [-0.15, -0.1) is 0 Å². The highest BCUT2D eigenvalue weighted by Gasteiger charge is 2.21. The zero-order valence-electron chi connectivity index (χ0n) is 12.3. The highest BCUT2D eigenvalue weighted by Crippen LogP contribution is 2.23. The monoisotopic (exact) mass is 281 g/mol. The molecular formula is C17H19N3O. The zero-order valence-corrected chi connectivity index (χ0v) is 12.3.